The predicted molar refractivity (Wildman–Crippen MR) is 92.4 cm³/mol. The average Bonchev–Trinajstić information content (AvgIpc) is 2.52. The highest BCUT2D eigenvalue weighted by Gasteiger charge is 2.22. The number of aliphatic carboxylic acids is 1. The molecule has 4 N–H and O–H groups in total. The summed E-state index contributed by atoms with van der Waals surface area (Å²) in [6, 6.07) is -0.662. The predicted octanol–water partition coefficient (Wildman–Crippen LogP) is 1.01. The minimum absolute atomic E-state index is 0.306. The number of carboxylic acid groups (broad SMARTS) is 1. The van der Waals surface area contributed by atoms with E-state index in [2.05, 4.69) is 5.32 Å². The van der Waals surface area contributed by atoms with Gasteiger partial charge in [-0.2, -0.15) is 0 Å². The van der Waals surface area contributed by atoms with Gasteiger partial charge >= 0.3 is 5.97 Å². The molecule has 0 aromatic heterocycles. The monoisotopic (exact) mass is 328 g/mol. The molecule has 0 saturated heterocycles. The average molecular weight is 328 g/mol. The first kappa shape index (κ1) is 21.8. The Labute approximate surface area is 139 Å². The molecule has 6 heteroatoms. The Morgan fingerprint density at radius 2 is 1.70 bits per heavy atom. The summed E-state index contributed by atoms with van der Waals surface area (Å²) in [6.45, 7) is 7.22. The van der Waals surface area contributed by atoms with Crippen molar-refractivity contribution in [2.24, 2.45) is 0 Å². The summed E-state index contributed by atoms with van der Waals surface area (Å²) in [7, 11) is 0. The summed E-state index contributed by atoms with van der Waals surface area (Å²) in [4.78, 5) is 12.9. The number of allylic oxidation sites excluding steroid dienone is 2. The number of aliphatic hydroxyl groups excluding tert-OH is 2. The van der Waals surface area contributed by atoms with Gasteiger partial charge in [0.2, 0.25) is 0 Å². The number of nitrogens with zero attached hydrogens (tertiary/aromatic N) is 1. The van der Waals surface area contributed by atoms with Gasteiger partial charge in [-0.05, 0) is 33.6 Å². The van der Waals surface area contributed by atoms with Gasteiger partial charge < -0.3 is 20.6 Å². The Morgan fingerprint density at radius 1 is 1.13 bits per heavy atom. The maximum Gasteiger partial charge on any atom is 0.320 e. The van der Waals surface area contributed by atoms with Crippen LogP contribution in [0.3, 0.4) is 0 Å². The van der Waals surface area contributed by atoms with E-state index in [0.29, 0.717) is 39.0 Å². The van der Waals surface area contributed by atoms with Crippen LogP contribution in [0.4, 0.5) is 0 Å². The van der Waals surface area contributed by atoms with Gasteiger partial charge in [0.1, 0.15) is 6.04 Å². The number of nitrogens with one attached hydrogen (secondary N) is 1. The van der Waals surface area contributed by atoms with Gasteiger partial charge in [0, 0.05) is 26.2 Å². The quantitative estimate of drug-likeness (QED) is 0.298. The van der Waals surface area contributed by atoms with E-state index >= 15 is 0 Å². The normalized spacial score (nSPS) is 16.3. The fourth-order valence-electron chi connectivity index (χ4n) is 2.11. The highest BCUT2D eigenvalue weighted by atomic mass is 16.4. The molecule has 0 aliphatic heterocycles. The van der Waals surface area contributed by atoms with Gasteiger partial charge in [0.05, 0.1) is 12.2 Å². The van der Waals surface area contributed by atoms with E-state index in [0.717, 1.165) is 0 Å². The molecule has 0 saturated carbocycles. The van der Waals surface area contributed by atoms with Crippen molar-refractivity contribution in [3.8, 4) is 0 Å². The van der Waals surface area contributed by atoms with Crippen molar-refractivity contribution in [3.05, 3.63) is 24.3 Å². The molecule has 0 amide bonds. The van der Waals surface area contributed by atoms with E-state index in [1.807, 2.05) is 38.2 Å². The van der Waals surface area contributed by atoms with Crippen LogP contribution >= 0.6 is 0 Å². The topological polar surface area (TPSA) is 93.0 Å². The smallest absolute Gasteiger partial charge is 0.320 e. The van der Waals surface area contributed by atoms with Crippen LogP contribution < -0.4 is 5.32 Å². The fraction of sp³-hybridized carbons (Fsp3) is 0.706. The van der Waals surface area contributed by atoms with Crippen LogP contribution in [0.15, 0.2) is 24.3 Å². The van der Waals surface area contributed by atoms with Crippen molar-refractivity contribution in [2.75, 3.05) is 26.2 Å². The minimum atomic E-state index is -0.906. The van der Waals surface area contributed by atoms with Crippen molar-refractivity contribution < 1.29 is 20.1 Å². The van der Waals surface area contributed by atoms with Crippen LogP contribution in [0.5, 0.6) is 0 Å². The SMILES string of the molecule is C/C=C/CC(O)CNCCN(CC(O)C/C=C/C)C(C)C(=O)O. The molecule has 0 aromatic carbocycles. The van der Waals surface area contributed by atoms with Crippen LogP contribution in [0, 0.1) is 0 Å². The van der Waals surface area contributed by atoms with Gasteiger partial charge in [-0.25, -0.2) is 0 Å². The summed E-state index contributed by atoms with van der Waals surface area (Å²) < 4.78 is 0. The first-order valence-corrected chi connectivity index (χ1v) is 8.18. The molecular formula is C17H32N2O4. The number of aliphatic hydroxyl groups is 2. The van der Waals surface area contributed by atoms with Gasteiger partial charge in [-0.1, -0.05) is 24.3 Å². The summed E-state index contributed by atoms with van der Waals surface area (Å²) in [5.74, 6) is -0.906. The first-order valence-electron chi connectivity index (χ1n) is 8.18. The van der Waals surface area contributed by atoms with E-state index < -0.39 is 24.2 Å². The molecule has 3 atom stereocenters. The third-order valence-electron chi connectivity index (χ3n) is 3.59. The molecule has 6 nitrogen and oxygen atoms in total. The van der Waals surface area contributed by atoms with E-state index in [1.54, 1.807) is 11.8 Å². The number of hydrogen-bond donors (Lipinski definition) is 4. The number of hydrogen-bond acceptors (Lipinski definition) is 5. The highest BCUT2D eigenvalue weighted by Crippen LogP contribution is 2.04. The van der Waals surface area contributed by atoms with Crippen molar-refractivity contribution >= 4 is 5.97 Å². The maximum atomic E-state index is 11.2. The minimum Gasteiger partial charge on any atom is -0.480 e. The third kappa shape index (κ3) is 11.0. The Hall–Kier alpha value is -1.21. The van der Waals surface area contributed by atoms with E-state index in [-0.39, 0.29) is 0 Å². The molecule has 0 fully saturated rings. The molecule has 0 spiro atoms. The van der Waals surface area contributed by atoms with Gasteiger partial charge in [0.15, 0.2) is 0 Å². The zero-order chi connectivity index (χ0) is 17.7. The summed E-state index contributed by atoms with van der Waals surface area (Å²) in [6.07, 6.45) is 7.60. The second-order valence-electron chi connectivity index (χ2n) is 5.63. The second-order valence-corrected chi connectivity index (χ2v) is 5.63. The molecule has 134 valence electrons. The second kappa shape index (κ2) is 13.2. The molecule has 0 radical (unpaired) electrons. The molecule has 0 heterocycles. The molecule has 3 unspecified atom stereocenters. The van der Waals surface area contributed by atoms with Crippen LogP contribution in [-0.4, -0.2) is 70.6 Å². The highest BCUT2D eigenvalue weighted by molar-refractivity contribution is 5.72. The van der Waals surface area contributed by atoms with Gasteiger partial charge in [0.25, 0.3) is 0 Å². The Kier molecular flexibility index (Phi) is 12.6. The maximum absolute atomic E-state index is 11.2. The summed E-state index contributed by atoms with van der Waals surface area (Å²) >= 11 is 0. The zero-order valence-corrected chi connectivity index (χ0v) is 14.5. The van der Waals surface area contributed by atoms with Crippen molar-refractivity contribution in [3.63, 3.8) is 0 Å². The molecule has 0 aliphatic rings. The van der Waals surface area contributed by atoms with Gasteiger partial charge in [-0.3, -0.25) is 9.69 Å². The molecule has 23 heavy (non-hydrogen) atoms. The van der Waals surface area contributed by atoms with E-state index in [4.69, 9.17) is 0 Å². The lowest BCUT2D eigenvalue weighted by atomic mass is 10.2. The molecule has 0 bridgehead atoms. The summed E-state index contributed by atoms with van der Waals surface area (Å²) in [5.41, 5.74) is 0. The van der Waals surface area contributed by atoms with Crippen LogP contribution in [-0.2, 0) is 4.79 Å². The molecule has 0 aliphatic carbocycles. The van der Waals surface area contributed by atoms with Crippen molar-refractivity contribution in [1.82, 2.24) is 10.2 Å². The Morgan fingerprint density at radius 3 is 2.22 bits per heavy atom. The number of carbonyl (C=O) groups is 1. The van der Waals surface area contributed by atoms with Crippen LogP contribution in [0.25, 0.3) is 0 Å². The molecule has 0 rings (SSSR count). The largest absolute Gasteiger partial charge is 0.480 e. The Bertz CT molecular complexity index is 372. The van der Waals surface area contributed by atoms with Crippen LogP contribution in [0.1, 0.15) is 33.6 Å². The van der Waals surface area contributed by atoms with Crippen molar-refractivity contribution in [2.45, 2.75) is 51.9 Å². The number of carboxylic acids is 1. The standard InChI is InChI=1S/C17H32N2O4/c1-4-6-8-15(20)12-18-10-11-19(14(3)17(22)23)13-16(21)9-7-5-2/h4-7,14-16,18,20-21H,8-13H2,1-3H3,(H,22,23)/b6-4+,7-5+. The zero-order valence-electron chi connectivity index (χ0n) is 14.5. The lowest BCUT2D eigenvalue weighted by Crippen LogP contribution is -2.46. The van der Waals surface area contributed by atoms with Crippen LogP contribution in [0.2, 0.25) is 0 Å². The molecular weight excluding hydrogens is 296 g/mol. The van der Waals surface area contributed by atoms with Crippen molar-refractivity contribution in [1.29, 1.82) is 0 Å². The van der Waals surface area contributed by atoms with E-state index in [1.165, 1.54) is 0 Å². The fourth-order valence-corrected chi connectivity index (χ4v) is 2.11. The first-order chi connectivity index (χ1) is 10.9. The van der Waals surface area contributed by atoms with Gasteiger partial charge in [-0.15, -0.1) is 0 Å². The van der Waals surface area contributed by atoms with E-state index in [9.17, 15) is 20.1 Å². The number of rotatable bonds is 13. The lowest BCUT2D eigenvalue weighted by molar-refractivity contribution is -0.143. The Balaban J connectivity index is 4.28. The molecule has 0 aromatic rings. The lowest BCUT2D eigenvalue weighted by Gasteiger charge is -2.28. The summed E-state index contributed by atoms with van der Waals surface area (Å²) in [5, 5.41) is 32.0. The third-order valence-corrected chi connectivity index (χ3v) is 3.59.